The maximum atomic E-state index is 12.4. The Kier molecular flexibility index (Phi) is 22.3. The molecule has 514 valence electrons. The van der Waals surface area contributed by atoms with Crippen molar-refractivity contribution in [3.05, 3.63) is 172 Å². The summed E-state index contributed by atoms with van der Waals surface area (Å²) in [6, 6.07) is 37.8. The number of amides is 1. The molecule has 6 N–H and O–H groups in total. The van der Waals surface area contributed by atoms with E-state index in [1.807, 2.05) is 60.7 Å². The lowest BCUT2D eigenvalue weighted by Gasteiger charge is -2.23. The van der Waals surface area contributed by atoms with Crippen molar-refractivity contribution < 1.29 is 62.2 Å². The fourth-order valence-electron chi connectivity index (χ4n) is 11.8. The van der Waals surface area contributed by atoms with Crippen molar-refractivity contribution in [2.45, 2.75) is 89.6 Å². The fourth-order valence-corrected chi connectivity index (χ4v) is 12.2. The third kappa shape index (κ3) is 16.8. The first kappa shape index (κ1) is 69.4. The number of hydrogen-bond donors (Lipinski definition) is 6. The van der Waals surface area contributed by atoms with Gasteiger partial charge in [0.2, 0.25) is 0 Å². The van der Waals surface area contributed by atoms with Gasteiger partial charge in [-0.1, -0.05) is 18.2 Å². The van der Waals surface area contributed by atoms with Crippen LogP contribution in [0.4, 0.5) is 0 Å². The average molecular weight is 1430 g/mol. The average Bonchev–Trinajstić information content (AvgIpc) is 1.73. The van der Waals surface area contributed by atoms with Crippen LogP contribution < -0.4 is 19.5 Å². The van der Waals surface area contributed by atoms with Gasteiger partial charge < -0.3 is 68.3 Å². The Balaban J connectivity index is 0.000000131. The minimum absolute atomic E-state index is 0.0483. The van der Waals surface area contributed by atoms with Gasteiger partial charge in [-0.25, -0.2) is 34.3 Å². The lowest BCUT2D eigenvalue weighted by atomic mass is 10.0. The first-order valence-corrected chi connectivity index (χ1v) is 33.9. The molecule has 0 spiro atoms. The van der Waals surface area contributed by atoms with E-state index in [0.717, 1.165) is 105 Å². The smallest absolute Gasteiger partial charge is 0.354 e. The second-order valence-corrected chi connectivity index (χ2v) is 24.8. The monoisotopic (exact) mass is 1420 g/mol. The van der Waals surface area contributed by atoms with Crippen molar-refractivity contribution >= 4 is 83.9 Å². The van der Waals surface area contributed by atoms with Crippen LogP contribution in [0.1, 0.15) is 124 Å². The van der Waals surface area contributed by atoms with E-state index >= 15 is 0 Å². The number of carboxylic acids is 1. The number of H-pyrrole nitrogens is 4. The predicted molar refractivity (Wildman–Crippen MR) is 375 cm³/mol. The number of halogens is 1. The molecule has 4 aliphatic rings. The standard InChI is InChI=1S/C23H22N4O3.C22H21N3O4.C20H17N3O4.C10H9BrN2O2/c24-13-15-11-14(1-4-21(15)30-17-6-9-29-10-7-17)18-5-8-25-22-19(18)12-20(27-22)23(28)26-16-2-3-16;1-2-28-22(26)19-12-18-17(5-8-24-21(18)25-19)14-3-4-20(15(11-14)13-23)29-16-6-9-27-10-7-16;21-11-13-9-12(1-2-18(13)27-14-4-7-26-8-5-14)15-3-6-22-19-16(15)10-17(23-19)20(24)25;1-2-15-10(14)8-5-6-7(11)3-4-12-9(6)13-8/h1,4-5,8,11-12,16-17H,2-3,6-7,9-10H2,(H,25,27)(H,26,28);3-5,8,11-12,16H,2,6-7,9-10H2,1H3,(H,24,25);1-3,6,9-10,14H,4-5,7-8H2,(H,22,23)(H,24,25);3-5H,2H2,1H3,(H,12,13). The van der Waals surface area contributed by atoms with Gasteiger partial charge in [-0.2, -0.15) is 15.8 Å². The number of carboxylic acid groups (broad SMARTS) is 1. The zero-order chi connectivity index (χ0) is 70.4. The Bertz CT molecular complexity index is 4980. The Labute approximate surface area is 587 Å². The molecule has 3 saturated heterocycles. The molecule has 1 aliphatic carbocycles. The topological polar surface area (TPSA) is 360 Å². The number of nitrogens with zero attached hydrogens (tertiary/aromatic N) is 7. The van der Waals surface area contributed by atoms with Crippen molar-refractivity contribution in [1.29, 1.82) is 15.8 Å². The molecule has 3 aliphatic heterocycles. The third-order valence-electron chi connectivity index (χ3n) is 17.1. The minimum atomic E-state index is -1.04. The molecule has 4 fully saturated rings. The molecule has 0 radical (unpaired) electrons. The van der Waals surface area contributed by atoms with Crippen molar-refractivity contribution in [2.24, 2.45) is 0 Å². The van der Waals surface area contributed by atoms with Gasteiger partial charge in [-0.05, 0) is 161 Å². The zero-order valence-electron chi connectivity index (χ0n) is 55.1. The maximum absolute atomic E-state index is 12.4. The van der Waals surface area contributed by atoms with Gasteiger partial charge in [0.05, 0.1) is 69.5 Å². The molecule has 11 aromatic rings. The van der Waals surface area contributed by atoms with Crippen LogP contribution in [0, 0.1) is 34.0 Å². The number of benzene rings is 3. The number of carbonyl (C=O) groups is 4. The molecule has 8 aromatic heterocycles. The van der Waals surface area contributed by atoms with Crippen LogP contribution in [-0.4, -0.2) is 146 Å². The van der Waals surface area contributed by atoms with Crippen LogP contribution in [0.15, 0.2) is 132 Å². The van der Waals surface area contributed by atoms with Gasteiger partial charge >= 0.3 is 17.9 Å². The Morgan fingerprint density at radius 1 is 0.475 bits per heavy atom. The van der Waals surface area contributed by atoms with E-state index in [1.54, 1.807) is 81.1 Å². The molecule has 1 amide bonds. The van der Waals surface area contributed by atoms with Crippen LogP contribution in [0.25, 0.3) is 77.5 Å². The number of rotatable bonds is 16. The first-order chi connectivity index (χ1) is 49.3. The second kappa shape index (κ2) is 32.5. The van der Waals surface area contributed by atoms with Gasteiger partial charge in [0.15, 0.2) is 0 Å². The Hall–Kier alpha value is -11.5. The number of fused-ring (bicyclic) bond motifs is 4. The maximum Gasteiger partial charge on any atom is 0.354 e. The molecule has 26 heteroatoms. The van der Waals surface area contributed by atoms with Gasteiger partial charge in [0.1, 0.15) is 99.1 Å². The van der Waals surface area contributed by atoms with E-state index in [-0.39, 0.29) is 41.9 Å². The summed E-state index contributed by atoms with van der Waals surface area (Å²) in [5.74, 6) is -0.210. The van der Waals surface area contributed by atoms with E-state index in [4.69, 9.17) is 37.9 Å². The summed E-state index contributed by atoms with van der Waals surface area (Å²) in [4.78, 5) is 75.9. The number of pyridine rings is 4. The highest BCUT2D eigenvalue weighted by molar-refractivity contribution is 9.10. The number of aromatic nitrogens is 8. The molecule has 25 nitrogen and oxygen atoms in total. The molecule has 0 unspecified atom stereocenters. The number of aromatic amines is 4. The molecule has 11 heterocycles. The summed E-state index contributed by atoms with van der Waals surface area (Å²) in [5.41, 5.74) is 10.3. The molecular formula is C75H69BrN12O13. The highest BCUT2D eigenvalue weighted by Crippen LogP contribution is 2.37. The molecule has 3 aromatic carbocycles. The molecular weight excluding hydrogens is 1360 g/mol. The summed E-state index contributed by atoms with van der Waals surface area (Å²) < 4.78 is 45.0. The number of nitrogens with one attached hydrogen (secondary N) is 5. The minimum Gasteiger partial charge on any atom is -0.489 e. The first-order valence-electron chi connectivity index (χ1n) is 33.1. The summed E-state index contributed by atoms with van der Waals surface area (Å²) >= 11 is 3.39. The number of carbonyl (C=O) groups excluding carboxylic acids is 3. The summed E-state index contributed by atoms with van der Waals surface area (Å²) in [6.07, 6.45) is 13.8. The Morgan fingerprint density at radius 2 is 0.812 bits per heavy atom. The summed E-state index contributed by atoms with van der Waals surface area (Å²) in [6.45, 7) is 8.25. The summed E-state index contributed by atoms with van der Waals surface area (Å²) in [5, 5.41) is 44.3. The highest BCUT2D eigenvalue weighted by Gasteiger charge is 2.27. The van der Waals surface area contributed by atoms with Crippen molar-refractivity contribution in [1.82, 2.24) is 45.2 Å². The van der Waals surface area contributed by atoms with E-state index in [2.05, 4.69) is 79.3 Å². The van der Waals surface area contributed by atoms with Crippen LogP contribution in [0.3, 0.4) is 0 Å². The fraction of sp³-hybridized carbons (Fsp3) is 0.293. The highest BCUT2D eigenvalue weighted by atomic mass is 79.9. The number of hydrogen-bond acceptors (Lipinski definition) is 19. The number of aromatic carboxylic acids is 1. The lowest BCUT2D eigenvalue weighted by molar-refractivity contribution is 0.0252. The number of ether oxygens (including phenoxy) is 8. The van der Waals surface area contributed by atoms with Gasteiger partial charge in [-0.3, -0.25) is 4.79 Å². The molecule has 101 heavy (non-hydrogen) atoms. The second-order valence-electron chi connectivity index (χ2n) is 23.9. The lowest BCUT2D eigenvalue weighted by Crippen LogP contribution is -2.26. The number of nitriles is 3. The van der Waals surface area contributed by atoms with Crippen molar-refractivity contribution in [3.63, 3.8) is 0 Å². The number of esters is 2. The van der Waals surface area contributed by atoms with E-state index in [9.17, 15) is 40.1 Å². The van der Waals surface area contributed by atoms with E-state index < -0.39 is 11.9 Å². The van der Waals surface area contributed by atoms with Crippen LogP contribution >= 0.6 is 15.9 Å². The normalized spacial score (nSPS) is 14.7. The van der Waals surface area contributed by atoms with Crippen molar-refractivity contribution in [3.8, 4) is 68.8 Å². The van der Waals surface area contributed by atoms with Gasteiger partial charge in [0.25, 0.3) is 5.91 Å². The van der Waals surface area contributed by atoms with Crippen LogP contribution in [0.2, 0.25) is 0 Å². The van der Waals surface area contributed by atoms with Crippen LogP contribution in [0.5, 0.6) is 17.2 Å². The largest absolute Gasteiger partial charge is 0.489 e. The summed E-state index contributed by atoms with van der Waals surface area (Å²) in [7, 11) is 0. The molecule has 1 saturated carbocycles. The SMILES string of the molecule is CCOC(=O)c1cc2c(-c3ccc(OC4CCOCC4)c(C#N)c3)ccnc2[nH]1.CCOC(=O)c1cc2c(Br)ccnc2[nH]1.N#Cc1cc(-c2ccnc3[nH]c(C(=O)NC4CC4)cc23)ccc1OC1CCOCC1.N#Cc1cc(-c2ccnc3[nH]c(C(=O)O)cc23)ccc1OC1CCOCC1. The molecule has 0 bridgehead atoms. The van der Waals surface area contributed by atoms with E-state index in [1.165, 1.54) is 0 Å². The zero-order valence-corrected chi connectivity index (χ0v) is 56.7. The van der Waals surface area contributed by atoms with Gasteiger partial charge in [0, 0.05) is 95.4 Å². The van der Waals surface area contributed by atoms with E-state index in [0.29, 0.717) is 132 Å². The molecule has 0 atom stereocenters. The van der Waals surface area contributed by atoms with Crippen molar-refractivity contribution in [2.75, 3.05) is 52.9 Å². The third-order valence-corrected chi connectivity index (χ3v) is 17.8. The van der Waals surface area contributed by atoms with Gasteiger partial charge in [-0.15, -0.1) is 0 Å². The Morgan fingerprint density at radius 3 is 1.17 bits per heavy atom. The molecule has 15 rings (SSSR count). The van der Waals surface area contributed by atoms with Crippen LogP contribution in [-0.2, 0) is 23.7 Å². The quantitative estimate of drug-likeness (QED) is 0.0489. The predicted octanol–water partition coefficient (Wildman–Crippen LogP) is 13.2.